The van der Waals surface area contributed by atoms with Gasteiger partial charge in [0.25, 0.3) is 0 Å². The van der Waals surface area contributed by atoms with Gasteiger partial charge in [-0.1, -0.05) is 44.2 Å². The molecule has 6 N–H and O–H groups in total. The third-order valence-corrected chi connectivity index (χ3v) is 12.2. The lowest BCUT2D eigenvalue weighted by atomic mass is 9.44. The number of rotatable bonds is 8. The number of aliphatic hydroxyl groups is 6. The summed E-state index contributed by atoms with van der Waals surface area (Å²) in [5.74, 6) is -2.19. The van der Waals surface area contributed by atoms with Crippen LogP contribution in [-0.2, 0) is 14.3 Å². The first-order valence-electron chi connectivity index (χ1n) is 16.2. The maximum atomic E-state index is 13.8. The molecule has 9 heteroatoms. The van der Waals surface area contributed by atoms with Gasteiger partial charge in [0.05, 0.1) is 29.0 Å². The fourth-order valence-electron chi connectivity index (χ4n) is 9.32. The minimum Gasteiger partial charge on any atom is -0.456 e. The third kappa shape index (κ3) is 5.53. The molecule has 0 saturated heterocycles. The van der Waals surface area contributed by atoms with Crippen LogP contribution in [0.15, 0.2) is 48.1 Å². The second-order valence-electron chi connectivity index (χ2n) is 15.5. The van der Waals surface area contributed by atoms with Gasteiger partial charge in [0, 0.05) is 23.3 Å². The average molecular weight is 627 g/mol. The van der Waals surface area contributed by atoms with Gasteiger partial charge >= 0.3 is 5.97 Å². The highest BCUT2D eigenvalue weighted by atomic mass is 16.6. The molecular formula is C36H50O9. The highest BCUT2D eigenvalue weighted by Gasteiger charge is 2.72. The van der Waals surface area contributed by atoms with Crippen LogP contribution in [0.3, 0.4) is 0 Å². The van der Waals surface area contributed by atoms with Crippen LogP contribution in [0.2, 0.25) is 0 Å². The molecule has 0 bridgehead atoms. The highest BCUT2D eigenvalue weighted by molar-refractivity contribution is 6.00. The van der Waals surface area contributed by atoms with Crippen LogP contribution in [0.1, 0.15) is 91.5 Å². The van der Waals surface area contributed by atoms with Crippen molar-refractivity contribution in [3.05, 3.63) is 53.6 Å². The van der Waals surface area contributed by atoms with Gasteiger partial charge in [-0.05, 0) is 101 Å². The summed E-state index contributed by atoms with van der Waals surface area (Å²) in [6, 6.07) is 9.24. The minimum atomic E-state index is -1.91. The van der Waals surface area contributed by atoms with Crippen molar-refractivity contribution in [1.29, 1.82) is 0 Å². The van der Waals surface area contributed by atoms with Gasteiger partial charge in [0.15, 0.2) is 5.78 Å². The molecule has 5 rings (SSSR count). The summed E-state index contributed by atoms with van der Waals surface area (Å²) in [5, 5.41) is 68.5. The van der Waals surface area contributed by atoms with Crippen molar-refractivity contribution in [3.8, 4) is 0 Å². The van der Waals surface area contributed by atoms with Crippen LogP contribution in [0, 0.1) is 22.7 Å². The number of hydrogen-bond donors (Lipinski definition) is 6. The van der Waals surface area contributed by atoms with Gasteiger partial charge in [-0.3, -0.25) is 4.79 Å². The second kappa shape index (κ2) is 11.4. The fraction of sp³-hybridized carbons (Fsp3) is 0.667. The molecule has 0 unspecified atom stereocenters. The van der Waals surface area contributed by atoms with E-state index in [1.54, 1.807) is 33.8 Å². The Hall–Kier alpha value is -2.40. The molecule has 4 aliphatic rings. The van der Waals surface area contributed by atoms with Gasteiger partial charge in [-0.2, -0.15) is 0 Å². The molecule has 4 aliphatic carbocycles. The number of aliphatic hydroxyl groups excluding tert-OH is 2. The zero-order valence-electron chi connectivity index (χ0n) is 27.1. The second-order valence-corrected chi connectivity index (χ2v) is 15.5. The van der Waals surface area contributed by atoms with Crippen LogP contribution in [0.25, 0.3) is 6.08 Å². The molecular weight excluding hydrogens is 576 g/mol. The number of hydrogen-bond acceptors (Lipinski definition) is 9. The predicted octanol–water partition coefficient (Wildman–Crippen LogP) is 3.23. The Balaban J connectivity index is 1.41. The Labute approximate surface area is 265 Å². The van der Waals surface area contributed by atoms with E-state index in [1.165, 1.54) is 12.2 Å². The first kappa shape index (κ1) is 33.9. The molecule has 0 heterocycles. The van der Waals surface area contributed by atoms with Gasteiger partial charge < -0.3 is 35.4 Å². The molecule has 3 saturated carbocycles. The van der Waals surface area contributed by atoms with Gasteiger partial charge in [-0.15, -0.1) is 0 Å². The maximum Gasteiger partial charge on any atom is 0.331 e. The summed E-state index contributed by atoms with van der Waals surface area (Å²) in [4.78, 5) is 26.6. The van der Waals surface area contributed by atoms with Gasteiger partial charge in [-0.25, -0.2) is 4.79 Å². The average Bonchev–Trinajstić information content (AvgIpc) is 3.25. The summed E-state index contributed by atoms with van der Waals surface area (Å²) >= 11 is 0. The van der Waals surface area contributed by atoms with Crippen molar-refractivity contribution in [2.75, 3.05) is 0 Å². The number of benzene rings is 1. The highest BCUT2D eigenvalue weighted by Crippen LogP contribution is 2.69. The summed E-state index contributed by atoms with van der Waals surface area (Å²) in [5.41, 5.74) is -6.69. The maximum absolute atomic E-state index is 13.8. The SMILES string of the molecule is CC(C)(O)CC[C@@H](O)[C@](C)(O)[C@H]1CC[C@@]2(O)C3=CC(=O)[C@]4(O)C[C@@H](O)[C@H](OC(=O)C=Cc5ccccc5)C[C@]4(C)[C@@H]3CC[C@]12C. The molecule has 3 fully saturated rings. The van der Waals surface area contributed by atoms with E-state index in [0.29, 0.717) is 24.8 Å². The largest absolute Gasteiger partial charge is 0.456 e. The van der Waals surface area contributed by atoms with Crippen LogP contribution >= 0.6 is 0 Å². The van der Waals surface area contributed by atoms with Crippen LogP contribution in [0.5, 0.6) is 0 Å². The number of ketones is 1. The molecule has 9 nitrogen and oxygen atoms in total. The van der Waals surface area contributed by atoms with E-state index in [2.05, 4.69) is 0 Å². The Morgan fingerprint density at radius 1 is 1.02 bits per heavy atom. The number of fused-ring (bicyclic) bond motifs is 5. The summed E-state index contributed by atoms with van der Waals surface area (Å²) in [6.45, 7) is 8.57. The van der Waals surface area contributed by atoms with E-state index in [9.17, 15) is 40.2 Å². The zero-order chi connectivity index (χ0) is 33.2. The van der Waals surface area contributed by atoms with E-state index in [1.807, 2.05) is 37.3 Å². The number of esters is 1. The van der Waals surface area contributed by atoms with Crippen molar-refractivity contribution >= 4 is 17.8 Å². The Bertz CT molecular complexity index is 1360. The molecule has 0 radical (unpaired) electrons. The van der Waals surface area contributed by atoms with Crippen LogP contribution < -0.4 is 0 Å². The number of ether oxygens (including phenoxy) is 1. The first-order valence-corrected chi connectivity index (χ1v) is 16.2. The number of carbonyl (C=O) groups excluding carboxylic acids is 2. The van der Waals surface area contributed by atoms with E-state index < -0.39 is 75.1 Å². The lowest BCUT2D eigenvalue weighted by Crippen LogP contribution is -2.69. The van der Waals surface area contributed by atoms with Crippen molar-refractivity contribution in [2.45, 2.75) is 127 Å². The quantitative estimate of drug-likeness (QED) is 0.188. The molecule has 0 aromatic heterocycles. The third-order valence-electron chi connectivity index (χ3n) is 12.2. The molecule has 1 aromatic rings. The van der Waals surface area contributed by atoms with E-state index in [-0.39, 0.29) is 32.1 Å². The summed E-state index contributed by atoms with van der Waals surface area (Å²) < 4.78 is 5.71. The van der Waals surface area contributed by atoms with Crippen LogP contribution in [-0.4, -0.2) is 83.1 Å². The minimum absolute atomic E-state index is 0.0208. The van der Waals surface area contributed by atoms with Crippen molar-refractivity contribution in [2.24, 2.45) is 22.7 Å². The molecule has 0 aliphatic heterocycles. The molecule has 0 spiro atoms. The normalized spacial score (nSPS) is 40.2. The van der Waals surface area contributed by atoms with Gasteiger partial charge in [0.1, 0.15) is 11.7 Å². The Kier molecular flexibility index (Phi) is 8.59. The molecule has 0 amide bonds. The Morgan fingerprint density at radius 2 is 1.69 bits per heavy atom. The van der Waals surface area contributed by atoms with Gasteiger partial charge in [0.2, 0.25) is 0 Å². The lowest BCUT2D eigenvalue weighted by molar-refractivity contribution is -0.216. The number of carbonyl (C=O) groups is 2. The summed E-state index contributed by atoms with van der Waals surface area (Å²) in [7, 11) is 0. The zero-order valence-corrected chi connectivity index (χ0v) is 27.1. The topological polar surface area (TPSA) is 165 Å². The molecule has 248 valence electrons. The van der Waals surface area contributed by atoms with E-state index in [0.717, 1.165) is 5.56 Å². The Morgan fingerprint density at radius 3 is 2.33 bits per heavy atom. The van der Waals surface area contributed by atoms with E-state index >= 15 is 0 Å². The van der Waals surface area contributed by atoms with Crippen molar-refractivity contribution in [1.82, 2.24) is 0 Å². The standard InChI is InChI=1S/C36H50O9/c1-31(2,41)16-15-28(38)34(5,42)27-14-18-35(43)24-19-29(39)36(44)20-25(37)26(21-33(36,4)23(24)13-17-32(27,35)3)45-30(40)12-11-22-9-7-6-8-10-22/h6-12,19,23,25-28,37-38,41-44H,13-18,20-21H2,1-5H3/t23-,25-,26-,27+,28-,32-,33-,34-,35-,36-/m1/s1. The fourth-order valence-corrected chi connectivity index (χ4v) is 9.32. The summed E-state index contributed by atoms with van der Waals surface area (Å²) in [6.07, 6.45) is 2.68. The van der Waals surface area contributed by atoms with Crippen LogP contribution in [0.4, 0.5) is 0 Å². The van der Waals surface area contributed by atoms with E-state index in [4.69, 9.17) is 4.74 Å². The first-order chi connectivity index (χ1) is 20.8. The van der Waals surface area contributed by atoms with Crippen molar-refractivity contribution in [3.63, 3.8) is 0 Å². The monoisotopic (exact) mass is 626 g/mol. The molecule has 1 aromatic carbocycles. The predicted molar refractivity (Wildman–Crippen MR) is 167 cm³/mol. The van der Waals surface area contributed by atoms with Crippen molar-refractivity contribution < 1.29 is 45.0 Å². The lowest BCUT2D eigenvalue weighted by Gasteiger charge is -2.63. The molecule has 45 heavy (non-hydrogen) atoms. The molecule has 10 atom stereocenters. The smallest absolute Gasteiger partial charge is 0.331 e.